The SMILES string of the molecule is CNCCCNCCOP(=O)(O)S. The third-order valence-corrected chi connectivity index (χ3v) is 2.18. The molecule has 5 nitrogen and oxygen atoms in total. The Hall–Kier alpha value is 0.420. The van der Waals surface area contributed by atoms with Gasteiger partial charge in [0.15, 0.2) is 0 Å². The van der Waals surface area contributed by atoms with Crippen molar-refractivity contribution in [2.24, 2.45) is 0 Å². The zero-order chi connectivity index (χ0) is 10.2. The van der Waals surface area contributed by atoms with E-state index in [-0.39, 0.29) is 6.61 Å². The van der Waals surface area contributed by atoms with Crippen LogP contribution in [0.15, 0.2) is 0 Å². The van der Waals surface area contributed by atoms with Crippen LogP contribution < -0.4 is 10.6 Å². The maximum atomic E-state index is 10.5. The van der Waals surface area contributed by atoms with Crippen LogP contribution in [0.4, 0.5) is 0 Å². The van der Waals surface area contributed by atoms with Crippen LogP contribution in [0.5, 0.6) is 0 Å². The number of thiol groups is 1. The molecule has 13 heavy (non-hydrogen) atoms. The van der Waals surface area contributed by atoms with Gasteiger partial charge in [0.05, 0.1) is 6.61 Å². The minimum Gasteiger partial charge on any atom is -0.320 e. The van der Waals surface area contributed by atoms with Crippen LogP contribution in [-0.4, -0.2) is 38.2 Å². The van der Waals surface area contributed by atoms with Crippen LogP contribution in [0.2, 0.25) is 0 Å². The van der Waals surface area contributed by atoms with Crippen molar-refractivity contribution in [2.45, 2.75) is 6.42 Å². The molecule has 0 fully saturated rings. The third kappa shape index (κ3) is 12.4. The Balaban J connectivity index is 3.04. The topological polar surface area (TPSA) is 70.6 Å². The molecule has 0 amide bonds. The maximum Gasteiger partial charge on any atom is 0.383 e. The fourth-order valence-corrected chi connectivity index (χ4v) is 1.33. The number of rotatable bonds is 8. The van der Waals surface area contributed by atoms with Crippen molar-refractivity contribution in [2.75, 3.05) is 33.3 Å². The average molecular weight is 228 g/mol. The zero-order valence-corrected chi connectivity index (χ0v) is 9.48. The first-order valence-corrected chi connectivity index (χ1v) is 6.84. The fraction of sp³-hybridized carbons (Fsp3) is 1.00. The summed E-state index contributed by atoms with van der Waals surface area (Å²) >= 11 is 3.36. The van der Waals surface area contributed by atoms with Gasteiger partial charge in [-0.15, -0.1) is 0 Å². The van der Waals surface area contributed by atoms with Crippen molar-refractivity contribution in [3.05, 3.63) is 0 Å². The molecule has 1 atom stereocenters. The second-order valence-electron chi connectivity index (χ2n) is 2.53. The van der Waals surface area contributed by atoms with E-state index in [9.17, 15) is 4.57 Å². The fourth-order valence-electron chi connectivity index (χ4n) is 0.752. The van der Waals surface area contributed by atoms with Crippen LogP contribution in [0.25, 0.3) is 0 Å². The molecule has 80 valence electrons. The molecule has 0 aliphatic rings. The molecule has 0 spiro atoms. The van der Waals surface area contributed by atoms with E-state index in [2.05, 4.69) is 27.4 Å². The molecule has 0 heterocycles. The highest BCUT2D eigenvalue weighted by Gasteiger charge is 2.09. The Bertz CT molecular complexity index is 164. The molecule has 0 radical (unpaired) electrons. The predicted octanol–water partition coefficient (Wildman–Crippen LogP) is 0.232. The van der Waals surface area contributed by atoms with Gasteiger partial charge in [-0.1, -0.05) is 12.2 Å². The molecule has 0 aromatic heterocycles. The molecule has 3 N–H and O–H groups in total. The molecule has 7 heteroatoms. The summed E-state index contributed by atoms with van der Waals surface area (Å²) in [4.78, 5) is 8.62. The smallest absolute Gasteiger partial charge is 0.320 e. The first-order valence-electron chi connectivity index (χ1n) is 4.11. The van der Waals surface area contributed by atoms with E-state index in [1.807, 2.05) is 7.05 Å². The molecular weight excluding hydrogens is 211 g/mol. The molecular formula is C6H17N2O3PS. The third-order valence-electron chi connectivity index (χ3n) is 1.32. The Morgan fingerprint density at radius 3 is 2.69 bits per heavy atom. The second kappa shape index (κ2) is 7.79. The monoisotopic (exact) mass is 228 g/mol. The molecule has 0 aliphatic heterocycles. The van der Waals surface area contributed by atoms with Gasteiger partial charge in [-0.2, -0.15) is 0 Å². The van der Waals surface area contributed by atoms with E-state index in [0.29, 0.717) is 6.54 Å². The van der Waals surface area contributed by atoms with E-state index in [0.717, 1.165) is 19.5 Å². The van der Waals surface area contributed by atoms with Crippen molar-refractivity contribution in [3.63, 3.8) is 0 Å². The first kappa shape index (κ1) is 13.4. The molecule has 0 aliphatic carbocycles. The Morgan fingerprint density at radius 1 is 1.46 bits per heavy atom. The summed E-state index contributed by atoms with van der Waals surface area (Å²) in [5.74, 6) is 0. The molecule has 0 saturated carbocycles. The summed E-state index contributed by atoms with van der Waals surface area (Å²) in [5.41, 5.74) is 0. The highest BCUT2D eigenvalue weighted by atomic mass is 32.7. The molecule has 0 aromatic carbocycles. The van der Waals surface area contributed by atoms with Crippen molar-refractivity contribution in [1.29, 1.82) is 0 Å². The Morgan fingerprint density at radius 2 is 2.15 bits per heavy atom. The molecule has 0 saturated heterocycles. The van der Waals surface area contributed by atoms with E-state index >= 15 is 0 Å². The number of nitrogens with one attached hydrogen (secondary N) is 2. The van der Waals surface area contributed by atoms with Crippen molar-refractivity contribution in [1.82, 2.24) is 10.6 Å². The maximum absolute atomic E-state index is 10.5. The first-order chi connectivity index (χ1) is 6.06. The van der Waals surface area contributed by atoms with Gasteiger partial charge in [-0.25, -0.2) is 4.57 Å². The Kier molecular flexibility index (Phi) is 8.04. The summed E-state index contributed by atoms with van der Waals surface area (Å²) in [6.07, 6.45) is 1.02. The van der Waals surface area contributed by atoms with Crippen molar-refractivity contribution in [3.8, 4) is 0 Å². The normalized spacial score (nSPS) is 15.6. The predicted molar refractivity (Wildman–Crippen MR) is 56.2 cm³/mol. The van der Waals surface area contributed by atoms with Crippen LogP contribution in [0.1, 0.15) is 6.42 Å². The average Bonchev–Trinajstić information content (AvgIpc) is 2.01. The highest BCUT2D eigenvalue weighted by Crippen LogP contribution is 2.46. The van der Waals surface area contributed by atoms with Gasteiger partial charge in [-0.05, 0) is 26.6 Å². The lowest BCUT2D eigenvalue weighted by Crippen LogP contribution is -2.23. The molecule has 1 unspecified atom stereocenters. The van der Waals surface area contributed by atoms with Crippen molar-refractivity contribution < 1.29 is 14.0 Å². The van der Waals surface area contributed by atoms with Crippen LogP contribution in [-0.2, 0) is 9.09 Å². The van der Waals surface area contributed by atoms with Crippen LogP contribution in [0.3, 0.4) is 0 Å². The summed E-state index contributed by atoms with van der Waals surface area (Å²) in [5, 5.41) is 6.08. The lowest BCUT2D eigenvalue weighted by molar-refractivity contribution is 0.275. The zero-order valence-electron chi connectivity index (χ0n) is 7.69. The highest BCUT2D eigenvalue weighted by molar-refractivity contribution is 8.44. The quantitative estimate of drug-likeness (QED) is 0.272. The summed E-state index contributed by atoms with van der Waals surface area (Å²) in [6.45, 7) is -0.991. The van der Waals surface area contributed by atoms with E-state index in [1.54, 1.807) is 0 Å². The standard InChI is InChI=1S/C6H17N2O3PS/c1-7-3-2-4-8-5-6-11-12(9,10)13/h7-8H,2-6H2,1H3,(H2,9,10,13). The van der Waals surface area contributed by atoms with Gasteiger partial charge < -0.3 is 15.5 Å². The van der Waals surface area contributed by atoms with Gasteiger partial charge in [0.2, 0.25) is 0 Å². The Labute approximate surface area is 83.9 Å². The molecule has 0 bridgehead atoms. The van der Waals surface area contributed by atoms with Gasteiger partial charge in [0, 0.05) is 6.54 Å². The minimum absolute atomic E-state index is 0.205. The summed E-state index contributed by atoms with van der Waals surface area (Å²) in [7, 11) is 1.89. The van der Waals surface area contributed by atoms with E-state index in [1.165, 1.54) is 0 Å². The van der Waals surface area contributed by atoms with Gasteiger partial charge in [0.25, 0.3) is 0 Å². The van der Waals surface area contributed by atoms with Gasteiger partial charge >= 0.3 is 6.80 Å². The summed E-state index contributed by atoms with van der Waals surface area (Å²) in [6, 6.07) is 0. The van der Waals surface area contributed by atoms with Crippen molar-refractivity contribution >= 4 is 19.0 Å². The lowest BCUT2D eigenvalue weighted by Gasteiger charge is -2.06. The van der Waals surface area contributed by atoms with Crippen LogP contribution >= 0.6 is 19.0 Å². The van der Waals surface area contributed by atoms with Crippen LogP contribution in [0, 0.1) is 0 Å². The van der Waals surface area contributed by atoms with Gasteiger partial charge in [-0.3, -0.25) is 4.52 Å². The minimum atomic E-state index is -3.58. The number of hydrogen-bond donors (Lipinski definition) is 4. The summed E-state index contributed by atoms with van der Waals surface area (Å²) < 4.78 is 15.0. The van der Waals surface area contributed by atoms with E-state index < -0.39 is 6.80 Å². The lowest BCUT2D eigenvalue weighted by atomic mass is 10.4. The molecule has 0 rings (SSSR count). The largest absolute Gasteiger partial charge is 0.383 e. The van der Waals surface area contributed by atoms with E-state index in [4.69, 9.17) is 4.89 Å². The van der Waals surface area contributed by atoms with Gasteiger partial charge in [0.1, 0.15) is 0 Å². The molecule has 0 aromatic rings. The number of hydrogen-bond acceptors (Lipinski definition) is 4. The second-order valence-corrected chi connectivity index (χ2v) is 5.29.